The van der Waals surface area contributed by atoms with Crippen molar-refractivity contribution in [3.05, 3.63) is 264 Å². The molecule has 2 heteroatoms. The minimum absolute atomic E-state index is 0.144. The molecule has 2 unspecified atom stereocenters. The largest absolute Gasteiger partial charge is 0.309 e. The zero-order valence-corrected chi connectivity index (χ0v) is 35.0. The SMILES string of the molecule is c1ccc2c(c1)-c1ccc(-n3c4ccccc4c4ccccc43)cc1C2c1ccc(-c2ccc(C3c4ccccc4-c4ccc(-n5c6ccccc6c6ccccc65)cc43)cc2)cc1. The van der Waals surface area contributed by atoms with Gasteiger partial charge in [-0.15, -0.1) is 0 Å². The summed E-state index contributed by atoms with van der Waals surface area (Å²) in [5.74, 6) is 0.288. The molecule has 0 amide bonds. The van der Waals surface area contributed by atoms with Crippen LogP contribution in [-0.4, -0.2) is 9.13 Å². The summed E-state index contributed by atoms with van der Waals surface area (Å²) in [5.41, 5.74) is 23.1. The number of aromatic nitrogens is 2. The van der Waals surface area contributed by atoms with E-state index >= 15 is 0 Å². The Labute approximate surface area is 371 Å². The molecule has 2 atom stereocenters. The second-order valence-electron chi connectivity index (χ2n) is 17.6. The Morgan fingerprint density at radius 3 is 0.938 bits per heavy atom. The highest BCUT2D eigenvalue weighted by Crippen LogP contribution is 2.51. The smallest absolute Gasteiger partial charge is 0.0541 e. The van der Waals surface area contributed by atoms with Gasteiger partial charge in [0.05, 0.1) is 22.1 Å². The molecule has 2 heterocycles. The van der Waals surface area contributed by atoms with Crippen molar-refractivity contribution < 1.29 is 0 Å². The molecule has 0 aliphatic heterocycles. The van der Waals surface area contributed by atoms with Crippen LogP contribution in [-0.2, 0) is 0 Å². The molecule has 2 aliphatic rings. The average molecular weight is 813 g/mol. The molecule has 2 nitrogen and oxygen atoms in total. The first kappa shape index (κ1) is 35.4. The van der Waals surface area contributed by atoms with Gasteiger partial charge < -0.3 is 9.13 Å². The standard InChI is InChI=1S/C62H40N2/c1-3-19-53-45(13-1)47-35-33-43(63-57-21-9-5-15-49(57)50-16-6-10-22-58(50)63)37-55(47)61(53)41-29-25-39(26-30-41)40-27-31-42(32-28-40)62-54-20-4-2-14-46(54)48-36-34-44(38-56(48)62)64-59-23-11-7-17-51(59)52-18-8-12-24-60(52)64/h1-38,61-62H. The van der Waals surface area contributed by atoms with Gasteiger partial charge in [-0.25, -0.2) is 0 Å². The van der Waals surface area contributed by atoms with E-state index in [2.05, 4.69) is 240 Å². The van der Waals surface area contributed by atoms with Crippen molar-refractivity contribution in [2.45, 2.75) is 11.8 Å². The molecule has 10 aromatic carbocycles. The van der Waals surface area contributed by atoms with E-state index in [1.165, 1.54) is 122 Å². The fourth-order valence-electron chi connectivity index (χ4n) is 11.5. The van der Waals surface area contributed by atoms with Crippen LogP contribution in [0.25, 0.3) is 88.4 Å². The highest BCUT2D eigenvalue weighted by Gasteiger charge is 2.32. The van der Waals surface area contributed by atoms with Gasteiger partial charge in [-0.1, -0.05) is 182 Å². The molecule has 2 aromatic heterocycles. The maximum atomic E-state index is 2.44. The minimum Gasteiger partial charge on any atom is -0.309 e. The molecule has 14 rings (SSSR count). The number of hydrogen-bond acceptors (Lipinski definition) is 0. The van der Waals surface area contributed by atoms with E-state index in [9.17, 15) is 0 Å². The predicted molar refractivity (Wildman–Crippen MR) is 266 cm³/mol. The van der Waals surface area contributed by atoms with Crippen LogP contribution in [0.2, 0.25) is 0 Å². The van der Waals surface area contributed by atoms with Crippen molar-refractivity contribution in [3.8, 4) is 44.8 Å². The maximum Gasteiger partial charge on any atom is 0.0541 e. The number of benzene rings is 10. The highest BCUT2D eigenvalue weighted by molar-refractivity contribution is 6.10. The monoisotopic (exact) mass is 812 g/mol. The van der Waals surface area contributed by atoms with Crippen LogP contribution in [0.1, 0.15) is 45.2 Å². The Hall–Kier alpha value is -8.20. The van der Waals surface area contributed by atoms with E-state index in [0.717, 1.165) is 0 Å². The molecule has 0 N–H and O–H groups in total. The fraction of sp³-hybridized carbons (Fsp3) is 0.0323. The van der Waals surface area contributed by atoms with Gasteiger partial charge in [-0.2, -0.15) is 0 Å². The number of para-hydroxylation sites is 4. The number of fused-ring (bicyclic) bond motifs is 12. The van der Waals surface area contributed by atoms with E-state index in [-0.39, 0.29) is 11.8 Å². The lowest BCUT2D eigenvalue weighted by Crippen LogP contribution is -2.02. The molecule has 0 radical (unpaired) electrons. The molecule has 0 saturated carbocycles. The summed E-state index contributed by atoms with van der Waals surface area (Å²) < 4.78 is 4.87. The highest BCUT2D eigenvalue weighted by atomic mass is 15.0. The maximum absolute atomic E-state index is 2.44. The van der Waals surface area contributed by atoms with Crippen molar-refractivity contribution in [1.29, 1.82) is 0 Å². The van der Waals surface area contributed by atoms with Gasteiger partial charge >= 0.3 is 0 Å². The Balaban J connectivity index is 0.821. The second kappa shape index (κ2) is 13.6. The molecule has 64 heavy (non-hydrogen) atoms. The zero-order valence-electron chi connectivity index (χ0n) is 35.0. The summed E-state index contributed by atoms with van der Waals surface area (Å²) >= 11 is 0. The third-order valence-electron chi connectivity index (χ3n) is 14.3. The fourth-order valence-corrected chi connectivity index (χ4v) is 11.5. The number of nitrogens with zero attached hydrogens (tertiary/aromatic N) is 2. The van der Waals surface area contributed by atoms with Crippen molar-refractivity contribution in [2.75, 3.05) is 0 Å². The van der Waals surface area contributed by atoms with Gasteiger partial charge in [-0.3, -0.25) is 0 Å². The Morgan fingerprint density at radius 2 is 0.562 bits per heavy atom. The lowest BCUT2D eigenvalue weighted by molar-refractivity contribution is 1.01. The first-order chi connectivity index (χ1) is 31.8. The molecule has 2 aliphatic carbocycles. The number of rotatable bonds is 5. The van der Waals surface area contributed by atoms with Crippen molar-refractivity contribution >= 4 is 43.6 Å². The molecule has 298 valence electrons. The summed E-state index contributed by atoms with van der Waals surface area (Å²) in [6.45, 7) is 0. The minimum atomic E-state index is 0.144. The Bertz CT molecular complexity index is 3480. The van der Waals surface area contributed by atoms with Crippen LogP contribution < -0.4 is 0 Å². The van der Waals surface area contributed by atoms with Crippen LogP contribution in [0.3, 0.4) is 0 Å². The van der Waals surface area contributed by atoms with Crippen LogP contribution >= 0.6 is 0 Å². The Morgan fingerprint density at radius 1 is 0.250 bits per heavy atom. The Kier molecular flexibility index (Phi) is 7.55. The first-order valence-corrected chi connectivity index (χ1v) is 22.4. The molecular formula is C62H40N2. The van der Waals surface area contributed by atoms with Crippen molar-refractivity contribution in [3.63, 3.8) is 0 Å². The van der Waals surface area contributed by atoms with Crippen LogP contribution in [0.5, 0.6) is 0 Å². The van der Waals surface area contributed by atoms with Gasteiger partial charge in [-0.05, 0) is 115 Å². The quantitative estimate of drug-likeness (QED) is 0.164. The second-order valence-corrected chi connectivity index (χ2v) is 17.6. The van der Waals surface area contributed by atoms with Gasteiger partial charge in [0.25, 0.3) is 0 Å². The average Bonchev–Trinajstić information content (AvgIpc) is 4.09. The van der Waals surface area contributed by atoms with Gasteiger partial charge in [0.1, 0.15) is 0 Å². The van der Waals surface area contributed by atoms with Crippen LogP contribution in [0.15, 0.2) is 231 Å². The summed E-state index contributed by atoms with van der Waals surface area (Å²) in [6.07, 6.45) is 0. The molecule has 0 spiro atoms. The normalized spacial score (nSPS) is 14.9. The lowest BCUT2D eigenvalue weighted by atomic mass is 9.87. The first-order valence-electron chi connectivity index (χ1n) is 22.4. The molecular weight excluding hydrogens is 773 g/mol. The summed E-state index contributed by atoms with van der Waals surface area (Å²) in [7, 11) is 0. The zero-order chi connectivity index (χ0) is 41.9. The molecule has 12 aromatic rings. The van der Waals surface area contributed by atoms with Crippen molar-refractivity contribution in [2.24, 2.45) is 0 Å². The summed E-state index contributed by atoms with van der Waals surface area (Å²) in [5, 5.41) is 5.13. The summed E-state index contributed by atoms with van der Waals surface area (Å²) in [6, 6.07) is 85.9. The molecule has 0 saturated heterocycles. The van der Waals surface area contributed by atoms with Crippen molar-refractivity contribution in [1.82, 2.24) is 9.13 Å². The third-order valence-corrected chi connectivity index (χ3v) is 14.3. The van der Waals surface area contributed by atoms with E-state index in [4.69, 9.17) is 0 Å². The van der Waals surface area contributed by atoms with E-state index < -0.39 is 0 Å². The van der Waals surface area contributed by atoms with E-state index in [1.807, 2.05) is 0 Å². The molecule has 0 fully saturated rings. The van der Waals surface area contributed by atoms with Gasteiger partial charge in [0, 0.05) is 44.8 Å². The third kappa shape index (κ3) is 5.08. The summed E-state index contributed by atoms with van der Waals surface area (Å²) in [4.78, 5) is 0. The predicted octanol–water partition coefficient (Wildman–Crippen LogP) is 15.9. The van der Waals surface area contributed by atoms with Crippen LogP contribution in [0.4, 0.5) is 0 Å². The van der Waals surface area contributed by atoms with E-state index in [0.29, 0.717) is 0 Å². The van der Waals surface area contributed by atoms with Crippen LogP contribution in [0, 0.1) is 0 Å². The number of hydrogen-bond donors (Lipinski definition) is 0. The van der Waals surface area contributed by atoms with Gasteiger partial charge in [0.15, 0.2) is 0 Å². The molecule has 0 bridgehead atoms. The van der Waals surface area contributed by atoms with Gasteiger partial charge in [0.2, 0.25) is 0 Å². The topological polar surface area (TPSA) is 9.86 Å². The lowest BCUT2D eigenvalue weighted by Gasteiger charge is -2.18. The van der Waals surface area contributed by atoms with E-state index in [1.54, 1.807) is 0 Å².